The number of carbonyl (C=O) groups excluding carboxylic acids is 2. The normalized spacial score (nSPS) is 17.8. The van der Waals surface area contributed by atoms with Crippen LogP contribution in [0.2, 0.25) is 0 Å². The summed E-state index contributed by atoms with van der Waals surface area (Å²) in [5, 5.41) is 6.92. The summed E-state index contributed by atoms with van der Waals surface area (Å²) in [5.41, 5.74) is 1.74. The van der Waals surface area contributed by atoms with Crippen LogP contribution in [0.1, 0.15) is 6.42 Å². The van der Waals surface area contributed by atoms with E-state index in [1.165, 1.54) is 7.11 Å². The molecule has 1 atom stereocenters. The molecular weight excluding hydrogens is 350 g/mol. The number of aromatic nitrogens is 2. The van der Waals surface area contributed by atoms with Gasteiger partial charge in [-0.2, -0.15) is 5.10 Å². The minimum Gasteiger partial charge on any atom is -0.469 e. The molecule has 0 radical (unpaired) electrons. The number of anilines is 1. The molecule has 7 heteroatoms. The lowest BCUT2D eigenvalue weighted by Crippen LogP contribution is -2.27. The Morgan fingerprint density at radius 3 is 2.91 bits per heavy atom. The van der Waals surface area contributed by atoms with E-state index in [-0.39, 0.29) is 18.3 Å². The molecule has 1 aliphatic heterocycles. The molecule has 1 amide bonds. The van der Waals surface area contributed by atoms with Crippen LogP contribution in [0.25, 0.3) is 11.1 Å². The van der Waals surface area contributed by atoms with Crippen molar-refractivity contribution in [3.8, 4) is 11.1 Å². The number of nitrogens with zero attached hydrogens (tertiary/aromatic N) is 2. The number of benzene rings is 1. The van der Waals surface area contributed by atoms with Crippen LogP contribution in [-0.4, -0.2) is 35.7 Å². The second-order valence-electron chi connectivity index (χ2n) is 5.04. The van der Waals surface area contributed by atoms with E-state index in [0.717, 1.165) is 15.6 Å². The number of aromatic amines is 1. The predicted octanol–water partition coefficient (Wildman–Crippen LogP) is 2.37. The summed E-state index contributed by atoms with van der Waals surface area (Å²) in [6, 6.07) is 7.70. The topological polar surface area (TPSA) is 75.3 Å². The van der Waals surface area contributed by atoms with Crippen LogP contribution in [0.3, 0.4) is 0 Å². The lowest BCUT2D eigenvalue weighted by Gasteiger charge is -2.16. The van der Waals surface area contributed by atoms with Gasteiger partial charge < -0.3 is 4.74 Å². The SMILES string of the molecule is COC(=O)C1CC(=O)N(c2[nH]ncc2-c2ccccc2Br)C1. The van der Waals surface area contributed by atoms with Crippen molar-refractivity contribution in [3.05, 3.63) is 34.9 Å². The first kappa shape index (κ1) is 14.8. The molecular formula is C15H14BrN3O3. The van der Waals surface area contributed by atoms with Gasteiger partial charge in [-0.25, -0.2) is 0 Å². The molecule has 0 bridgehead atoms. The molecule has 0 spiro atoms. The third-order valence-electron chi connectivity index (χ3n) is 3.71. The number of nitrogens with one attached hydrogen (secondary N) is 1. The number of amides is 1. The zero-order chi connectivity index (χ0) is 15.7. The highest BCUT2D eigenvalue weighted by Crippen LogP contribution is 2.36. The Kier molecular flexibility index (Phi) is 3.98. The van der Waals surface area contributed by atoms with Crippen LogP contribution in [-0.2, 0) is 14.3 Å². The van der Waals surface area contributed by atoms with Gasteiger partial charge in [-0.1, -0.05) is 34.1 Å². The van der Waals surface area contributed by atoms with E-state index in [2.05, 4.69) is 26.1 Å². The monoisotopic (exact) mass is 363 g/mol. The van der Waals surface area contributed by atoms with E-state index in [0.29, 0.717) is 12.4 Å². The number of carbonyl (C=O) groups is 2. The Labute approximate surface area is 135 Å². The van der Waals surface area contributed by atoms with Crippen LogP contribution < -0.4 is 4.90 Å². The summed E-state index contributed by atoms with van der Waals surface area (Å²) in [5.74, 6) is -0.318. The Bertz CT molecular complexity index is 728. The van der Waals surface area contributed by atoms with Crippen molar-refractivity contribution in [2.45, 2.75) is 6.42 Å². The fourth-order valence-corrected chi connectivity index (χ4v) is 3.11. The summed E-state index contributed by atoms with van der Waals surface area (Å²) in [4.78, 5) is 25.4. The molecule has 2 heterocycles. The van der Waals surface area contributed by atoms with Crippen molar-refractivity contribution in [2.75, 3.05) is 18.6 Å². The molecule has 1 aromatic carbocycles. The third kappa shape index (κ3) is 2.52. The Morgan fingerprint density at radius 2 is 2.18 bits per heavy atom. The summed E-state index contributed by atoms with van der Waals surface area (Å²) < 4.78 is 5.64. The minimum absolute atomic E-state index is 0.118. The number of halogens is 1. The molecule has 2 aromatic rings. The Morgan fingerprint density at radius 1 is 1.41 bits per heavy atom. The number of hydrogen-bond acceptors (Lipinski definition) is 4. The summed E-state index contributed by atoms with van der Waals surface area (Å²) >= 11 is 3.50. The maximum Gasteiger partial charge on any atom is 0.311 e. The Balaban J connectivity index is 1.95. The molecule has 1 fully saturated rings. The fraction of sp³-hybridized carbons (Fsp3) is 0.267. The van der Waals surface area contributed by atoms with E-state index in [1.54, 1.807) is 11.1 Å². The largest absolute Gasteiger partial charge is 0.469 e. The molecule has 1 N–H and O–H groups in total. The second-order valence-corrected chi connectivity index (χ2v) is 5.90. The van der Waals surface area contributed by atoms with E-state index in [1.807, 2.05) is 24.3 Å². The first-order chi connectivity index (χ1) is 10.6. The standard InChI is InChI=1S/C15H14BrN3O3/c1-22-15(21)9-6-13(20)19(8-9)14-11(7-17-18-14)10-4-2-3-5-12(10)16/h2-5,7,9H,6,8H2,1H3,(H,17,18). The van der Waals surface area contributed by atoms with Gasteiger partial charge in [-0.15, -0.1) is 0 Å². The summed E-state index contributed by atoms with van der Waals surface area (Å²) in [7, 11) is 1.33. The van der Waals surface area contributed by atoms with E-state index >= 15 is 0 Å². The van der Waals surface area contributed by atoms with Gasteiger partial charge in [-0.05, 0) is 6.07 Å². The van der Waals surface area contributed by atoms with Gasteiger partial charge in [-0.3, -0.25) is 19.6 Å². The average Bonchev–Trinajstić information content (AvgIpc) is 3.13. The predicted molar refractivity (Wildman–Crippen MR) is 84.2 cm³/mol. The molecule has 1 aromatic heterocycles. The first-order valence-electron chi connectivity index (χ1n) is 6.78. The summed E-state index contributed by atoms with van der Waals surface area (Å²) in [6.45, 7) is 0.297. The molecule has 1 unspecified atom stereocenters. The highest BCUT2D eigenvalue weighted by Gasteiger charge is 2.37. The van der Waals surface area contributed by atoms with Crippen LogP contribution >= 0.6 is 15.9 Å². The fourth-order valence-electron chi connectivity index (χ4n) is 2.61. The van der Waals surface area contributed by atoms with Gasteiger partial charge in [0.25, 0.3) is 0 Å². The number of methoxy groups -OCH3 is 1. The van der Waals surface area contributed by atoms with Crippen molar-refractivity contribution >= 4 is 33.6 Å². The number of rotatable bonds is 3. The van der Waals surface area contributed by atoms with Crippen molar-refractivity contribution in [2.24, 2.45) is 5.92 Å². The van der Waals surface area contributed by atoms with E-state index in [9.17, 15) is 9.59 Å². The number of hydrogen-bond donors (Lipinski definition) is 1. The first-order valence-corrected chi connectivity index (χ1v) is 7.57. The van der Waals surface area contributed by atoms with Crippen molar-refractivity contribution in [1.82, 2.24) is 10.2 Å². The summed E-state index contributed by atoms with van der Waals surface area (Å²) in [6.07, 6.45) is 1.83. The number of ether oxygens (including phenoxy) is 1. The average molecular weight is 364 g/mol. The molecule has 0 aliphatic carbocycles. The van der Waals surface area contributed by atoms with E-state index < -0.39 is 5.92 Å². The molecule has 1 saturated heterocycles. The molecule has 6 nitrogen and oxygen atoms in total. The maximum absolute atomic E-state index is 12.2. The zero-order valence-electron chi connectivity index (χ0n) is 11.9. The maximum atomic E-state index is 12.2. The van der Waals surface area contributed by atoms with Crippen LogP contribution in [0.5, 0.6) is 0 Å². The van der Waals surface area contributed by atoms with Gasteiger partial charge in [0.05, 0.1) is 19.2 Å². The Hall–Kier alpha value is -2.15. The highest BCUT2D eigenvalue weighted by molar-refractivity contribution is 9.10. The van der Waals surface area contributed by atoms with Gasteiger partial charge in [0.2, 0.25) is 5.91 Å². The molecule has 22 heavy (non-hydrogen) atoms. The van der Waals surface area contributed by atoms with Crippen LogP contribution in [0.15, 0.2) is 34.9 Å². The quantitative estimate of drug-likeness (QED) is 0.849. The zero-order valence-corrected chi connectivity index (χ0v) is 13.5. The van der Waals surface area contributed by atoms with Gasteiger partial charge in [0.1, 0.15) is 5.82 Å². The third-order valence-corrected chi connectivity index (χ3v) is 4.40. The number of esters is 1. The smallest absolute Gasteiger partial charge is 0.311 e. The molecule has 0 saturated carbocycles. The van der Waals surface area contributed by atoms with E-state index in [4.69, 9.17) is 4.74 Å². The molecule has 1 aliphatic rings. The van der Waals surface area contributed by atoms with Crippen molar-refractivity contribution in [3.63, 3.8) is 0 Å². The van der Waals surface area contributed by atoms with Crippen LogP contribution in [0, 0.1) is 5.92 Å². The van der Waals surface area contributed by atoms with Crippen LogP contribution in [0.4, 0.5) is 5.82 Å². The van der Waals surface area contributed by atoms with Gasteiger partial charge in [0, 0.05) is 28.6 Å². The highest BCUT2D eigenvalue weighted by atomic mass is 79.9. The molecule has 114 valence electrons. The minimum atomic E-state index is -0.437. The lowest BCUT2D eigenvalue weighted by molar-refractivity contribution is -0.145. The number of H-pyrrole nitrogens is 1. The second kappa shape index (κ2) is 5.92. The van der Waals surface area contributed by atoms with Gasteiger partial charge >= 0.3 is 5.97 Å². The molecule has 3 rings (SSSR count). The van der Waals surface area contributed by atoms with Crippen molar-refractivity contribution < 1.29 is 14.3 Å². The van der Waals surface area contributed by atoms with Gasteiger partial charge in [0.15, 0.2) is 0 Å². The lowest BCUT2D eigenvalue weighted by atomic mass is 10.1. The van der Waals surface area contributed by atoms with Crippen molar-refractivity contribution in [1.29, 1.82) is 0 Å².